The van der Waals surface area contributed by atoms with E-state index < -0.39 is 47.9 Å². The number of imidazole rings is 1. The molecule has 2 aromatic rings. The molecule has 4 unspecified atom stereocenters. The van der Waals surface area contributed by atoms with E-state index in [-0.39, 0.29) is 24.3 Å². The van der Waals surface area contributed by atoms with Crippen LogP contribution in [0.1, 0.15) is 11.3 Å². The van der Waals surface area contributed by atoms with Gasteiger partial charge in [-0.2, -0.15) is 25.3 Å². The largest absolute Gasteiger partial charge is 0.480 e. The van der Waals surface area contributed by atoms with E-state index in [4.69, 9.17) is 5.73 Å². The maximum Gasteiger partial charge on any atom is 0.327 e. The van der Waals surface area contributed by atoms with Crippen LogP contribution in [0.15, 0.2) is 42.9 Å². The zero-order valence-corrected chi connectivity index (χ0v) is 20.0. The topological polar surface area (TPSA) is 179 Å². The molecule has 0 aliphatic carbocycles. The fraction of sp³-hybridized carbons (Fsp3) is 0.381. The number of thiol groups is 2. The van der Waals surface area contributed by atoms with Gasteiger partial charge in [-0.25, -0.2) is 9.78 Å². The lowest BCUT2D eigenvalue weighted by molar-refractivity contribution is -0.141. The SMILES string of the molecule is NC(Cc1ccccc1)C(=O)NC(CS)C(=O)NC(Cc1cnc[nH]1)C(=O)NC(CS)C(=O)O. The molecule has 0 aliphatic heterocycles. The summed E-state index contributed by atoms with van der Waals surface area (Å²) in [5, 5.41) is 16.6. The average molecular weight is 509 g/mol. The molecule has 0 radical (unpaired) electrons. The number of carboxylic acids is 1. The number of carbonyl (C=O) groups is 4. The van der Waals surface area contributed by atoms with Crippen LogP contribution in [0, 0.1) is 0 Å². The summed E-state index contributed by atoms with van der Waals surface area (Å²) in [5.41, 5.74) is 7.39. The molecule has 0 bridgehead atoms. The van der Waals surface area contributed by atoms with Gasteiger partial charge in [-0.1, -0.05) is 30.3 Å². The minimum absolute atomic E-state index is 0.0112. The Morgan fingerprint density at radius 1 is 0.912 bits per heavy atom. The Hall–Kier alpha value is -3.03. The van der Waals surface area contributed by atoms with Crippen LogP contribution in [-0.2, 0) is 32.0 Å². The lowest BCUT2D eigenvalue weighted by Crippen LogP contribution is -2.58. The summed E-state index contributed by atoms with van der Waals surface area (Å²) in [6.07, 6.45) is 3.17. The van der Waals surface area contributed by atoms with E-state index in [1.54, 1.807) is 0 Å². The number of aromatic amines is 1. The highest BCUT2D eigenvalue weighted by Gasteiger charge is 2.30. The molecule has 0 saturated heterocycles. The van der Waals surface area contributed by atoms with Crippen molar-refractivity contribution in [2.45, 2.75) is 37.0 Å². The molecule has 2 rings (SSSR count). The average Bonchev–Trinajstić information content (AvgIpc) is 3.33. The lowest BCUT2D eigenvalue weighted by atomic mass is 10.1. The highest BCUT2D eigenvalue weighted by atomic mass is 32.1. The molecule has 1 aromatic carbocycles. The molecule has 3 amide bonds. The van der Waals surface area contributed by atoms with E-state index in [1.165, 1.54) is 12.5 Å². The van der Waals surface area contributed by atoms with Gasteiger partial charge in [0.25, 0.3) is 0 Å². The normalized spacial score (nSPS) is 14.3. The summed E-state index contributed by atoms with van der Waals surface area (Å²) in [4.78, 5) is 56.1. The van der Waals surface area contributed by atoms with Gasteiger partial charge in [0.2, 0.25) is 17.7 Å². The molecule has 0 fully saturated rings. The second-order valence-electron chi connectivity index (χ2n) is 7.46. The second kappa shape index (κ2) is 13.6. The van der Waals surface area contributed by atoms with E-state index in [9.17, 15) is 24.3 Å². The van der Waals surface area contributed by atoms with Gasteiger partial charge in [-0.15, -0.1) is 0 Å². The Balaban J connectivity index is 2.05. The van der Waals surface area contributed by atoms with E-state index in [0.29, 0.717) is 5.69 Å². The fourth-order valence-electron chi connectivity index (χ4n) is 2.99. The number of rotatable bonds is 13. The third-order valence-corrected chi connectivity index (χ3v) is 5.59. The molecule has 1 aromatic heterocycles. The van der Waals surface area contributed by atoms with Gasteiger partial charge in [-0.3, -0.25) is 14.4 Å². The molecule has 34 heavy (non-hydrogen) atoms. The molecule has 4 atom stereocenters. The zero-order chi connectivity index (χ0) is 25.1. The number of nitrogens with zero attached hydrogens (tertiary/aromatic N) is 1. The number of H-pyrrole nitrogens is 1. The first-order chi connectivity index (χ1) is 16.2. The van der Waals surface area contributed by atoms with Crippen LogP contribution in [0.4, 0.5) is 0 Å². The molecule has 0 saturated carbocycles. The van der Waals surface area contributed by atoms with Gasteiger partial charge >= 0.3 is 5.97 Å². The van der Waals surface area contributed by atoms with Crippen LogP contribution in [0.2, 0.25) is 0 Å². The molecule has 184 valence electrons. The van der Waals surface area contributed by atoms with Crippen molar-refractivity contribution in [1.29, 1.82) is 0 Å². The number of aromatic nitrogens is 2. The molecule has 13 heteroatoms. The van der Waals surface area contributed by atoms with Crippen molar-refractivity contribution in [3.05, 3.63) is 54.1 Å². The number of nitrogens with one attached hydrogen (secondary N) is 4. The van der Waals surface area contributed by atoms with Crippen LogP contribution in [-0.4, -0.2) is 74.4 Å². The van der Waals surface area contributed by atoms with Crippen molar-refractivity contribution < 1.29 is 24.3 Å². The first-order valence-corrected chi connectivity index (χ1v) is 11.6. The number of benzene rings is 1. The summed E-state index contributed by atoms with van der Waals surface area (Å²) >= 11 is 8.07. The number of hydrogen-bond donors (Lipinski definition) is 8. The smallest absolute Gasteiger partial charge is 0.327 e. The van der Waals surface area contributed by atoms with Crippen LogP contribution in [0.3, 0.4) is 0 Å². The first-order valence-electron chi connectivity index (χ1n) is 10.4. The summed E-state index contributed by atoms with van der Waals surface area (Å²) in [7, 11) is 0. The Kier molecular flexibility index (Phi) is 10.9. The van der Waals surface area contributed by atoms with E-state index >= 15 is 0 Å². The molecule has 11 nitrogen and oxygen atoms in total. The number of aliphatic carboxylic acids is 1. The van der Waals surface area contributed by atoms with Gasteiger partial charge in [0.1, 0.15) is 18.1 Å². The van der Waals surface area contributed by atoms with Gasteiger partial charge in [-0.05, 0) is 12.0 Å². The molecular formula is C21H28N6O5S2. The van der Waals surface area contributed by atoms with Crippen molar-refractivity contribution in [3.8, 4) is 0 Å². The van der Waals surface area contributed by atoms with E-state index in [0.717, 1.165) is 5.56 Å². The molecule has 1 heterocycles. The molecule has 0 aliphatic rings. The number of amides is 3. The second-order valence-corrected chi connectivity index (χ2v) is 8.19. The quantitative estimate of drug-likeness (QED) is 0.159. The van der Waals surface area contributed by atoms with Gasteiger partial charge < -0.3 is 31.8 Å². The number of carboxylic acid groups (broad SMARTS) is 1. The van der Waals surface area contributed by atoms with Crippen molar-refractivity contribution >= 4 is 48.9 Å². The summed E-state index contributed by atoms with van der Waals surface area (Å²) < 4.78 is 0. The first kappa shape index (κ1) is 27.2. The Labute approximate surface area is 207 Å². The molecule has 0 spiro atoms. The summed E-state index contributed by atoms with van der Waals surface area (Å²) in [6, 6.07) is 4.83. The number of hydrogen-bond acceptors (Lipinski definition) is 8. The highest BCUT2D eigenvalue weighted by Crippen LogP contribution is 2.04. The highest BCUT2D eigenvalue weighted by molar-refractivity contribution is 7.80. The van der Waals surface area contributed by atoms with Crippen molar-refractivity contribution in [1.82, 2.24) is 25.9 Å². The van der Waals surface area contributed by atoms with E-state index in [2.05, 4.69) is 51.2 Å². The minimum atomic E-state index is -1.26. The summed E-state index contributed by atoms with van der Waals surface area (Å²) in [5.74, 6) is -3.40. The van der Waals surface area contributed by atoms with Gasteiger partial charge in [0, 0.05) is 29.8 Å². The van der Waals surface area contributed by atoms with E-state index in [1.807, 2.05) is 30.3 Å². The maximum absolute atomic E-state index is 12.9. The minimum Gasteiger partial charge on any atom is -0.480 e. The monoisotopic (exact) mass is 508 g/mol. The Bertz CT molecular complexity index is 960. The maximum atomic E-state index is 12.9. The predicted octanol–water partition coefficient (Wildman–Crippen LogP) is -1.08. The Morgan fingerprint density at radius 2 is 1.50 bits per heavy atom. The van der Waals surface area contributed by atoms with Crippen molar-refractivity contribution in [3.63, 3.8) is 0 Å². The van der Waals surface area contributed by atoms with Crippen LogP contribution in [0.25, 0.3) is 0 Å². The van der Waals surface area contributed by atoms with Crippen LogP contribution in [0.5, 0.6) is 0 Å². The molecular weight excluding hydrogens is 480 g/mol. The number of nitrogens with two attached hydrogens (primary N) is 1. The molecule has 7 N–H and O–H groups in total. The van der Waals surface area contributed by atoms with Gasteiger partial charge in [0.15, 0.2) is 0 Å². The third kappa shape index (κ3) is 8.39. The van der Waals surface area contributed by atoms with Crippen molar-refractivity contribution in [2.24, 2.45) is 5.73 Å². The van der Waals surface area contributed by atoms with Crippen LogP contribution < -0.4 is 21.7 Å². The number of carbonyl (C=O) groups excluding carboxylic acids is 3. The summed E-state index contributed by atoms with van der Waals surface area (Å²) in [6.45, 7) is 0. The van der Waals surface area contributed by atoms with Crippen molar-refractivity contribution in [2.75, 3.05) is 11.5 Å². The van der Waals surface area contributed by atoms with Crippen LogP contribution >= 0.6 is 25.3 Å². The predicted molar refractivity (Wildman–Crippen MR) is 132 cm³/mol. The standard InChI is InChI=1S/C21H28N6O5S2/c22-14(6-12-4-2-1-3-5-12)18(28)26-16(9-33)20(30)25-15(7-13-8-23-11-24-13)19(29)27-17(10-34)21(31)32/h1-5,8,11,14-17,33-34H,6-7,9-10,22H2,(H,23,24)(H,25,30)(H,26,28)(H,27,29)(H,31,32). The fourth-order valence-corrected chi connectivity index (χ4v) is 3.49. The third-order valence-electron chi connectivity index (χ3n) is 4.86. The zero-order valence-electron chi connectivity index (χ0n) is 18.2. The lowest BCUT2D eigenvalue weighted by Gasteiger charge is -2.24. The van der Waals surface area contributed by atoms with Gasteiger partial charge in [0.05, 0.1) is 12.4 Å². The Morgan fingerprint density at radius 3 is 2.06 bits per heavy atom.